The highest BCUT2D eigenvalue weighted by atomic mass is 15.2. The number of hydrogen-bond donors (Lipinski definition) is 0. The molecule has 7 aromatic carbocycles. The molecule has 0 aliphatic carbocycles. The Morgan fingerprint density at radius 3 is 1.67 bits per heavy atom. The van der Waals surface area contributed by atoms with Crippen molar-refractivity contribution in [2.45, 2.75) is 0 Å². The summed E-state index contributed by atoms with van der Waals surface area (Å²) in [6, 6.07) is 61.9. The largest absolute Gasteiger partial charge is 0.311 e. The summed E-state index contributed by atoms with van der Waals surface area (Å²) in [4.78, 5) is 12.7. The number of fused-ring (bicyclic) bond motifs is 8. The third kappa shape index (κ3) is 4.33. The van der Waals surface area contributed by atoms with E-state index in [0.717, 1.165) is 72.8 Å². The van der Waals surface area contributed by atoms with E-state index >= 15 is 0 Å². The summed E-state index contributed by atoms with van der Waals surface area (Å²) in [5.41, 5.74) is 11.7. The first-order valence-corrected chi connectivity index (χ1v) is 16.5. The maximum absolute atomic E-state index is 5.31. The van der Waals surface area contributed by atoms with Crippen molar-refractivity contribution < 1.29 is 0 Å². The van der Waals surface area contributed by atoms with E-state index in [9.17, 15) is 0 Å². The van der Waals surface area contributed by atoms with Crippen LogP contribution in [0.1, 0.15) is 0 Å². The van der Waals surface area contributed by atoms with Gasteiger partial charge in [-0.3, -0.25) is 8.97 Å². The zero-order chi connectivity index (χ0) is 32.3. The molecule has 0 unspecified atom stereocenters. The van der Waals surface area contributed by atoms with Crippen molar-refractivity contribution in [1.82, 2.24) is 18.9 Å². The first-order chi connectivity index (χ1) is 24.3. The zero-order valence-electron chi connectivity index (χ0n) is 26.5. The van der Waals surface area contributed by atoms with Crippen molar-refractivity contribution in [3.05, 3.63) is 176 Å². The van der Waals surface area contributed by atoms with Gasteiger partial charge in [0.2, 0.25) is 5.95 Å². The standard InChI is InChI=1S/C44H29N5/c1-3-13-32(14-4-1)47(33-15-5-2-6-16-33)34-26-23-30(24-27-34)31-25-28-41-37(29-31)35-17-8-11-21-40(35)48(41)44-46-38-19-9-7-18-36(38)43-45-39-20-10-12-22-42(39)49(43)44/h1-29H. The molecule has 0 fully saturated rings. The molecule has 5 heteroatoms. The molecule has 0 spiro atoms. The van der Waals surface area contributed by atoms with Crippen molar-refractivity contribution in [3.63, 3.8) is 0 Å². The average molecular weight is 628 g/mol. The van der Waals surface area contributed by atoms with Crippen LogP contribution in [-0.2, 0) is 0 Å². The smallest absolute Gasteiger partial charge is 0.221 e. The van der Waals surface area contributed by atoms with E-state index in [-0.39, 0.29) is 0 Å². The highest BCUT2D eigenvalue weighted by molar-refractivity contribution is 6.10. The van der Waals surface area contributed by atoms with Crippen molar-refractivity contribution in [1.29, 1.82) is 0 Å². The van der Waals surface area contributed by atoms with Crippen LogP contribution in [0.15, 0.2) is 176 Å². The molecule has 0 saturated heterocycles. The van der Waals surface area contributed by atoms with Gasteiger partial charge < -0.3 is 4.90 Å². The molecule has 10 rings (SSSR count). The fourth-order valence-corrected chi connectivity index (χ4v) is 7.25. The van der Waals surface area contributed by atoms with E-state index in [1.165, 1.54) is 10.8 Å². The SMILES string of the molecule is c1ccc(N(c2ccccc2)c2ccc(-c3ccc4c(c3)c3ccccc3n4-c3nc4ccccc4c4nc5ccccc5n34)cc2)cc1. The lowest BCUT2D eigenvalue weighted by Gasteiger charge is -2.25. The highest BCUT2D eigenvalue weighted by Crippen LogP contribution is 2.38. The molecular formula is C44H29N5. The number of benzene rings is 7. The summed E-state index contributed by atoms with van der Waals surface area (Å²) in [6.45, 7) is 0. The Bertz CT molecular complexity index is 2780. The van der Waals surface area contributed by atoms with Crippen molar-refractivity contribution >= 4 is 66.5 Å². The van der Waals surface area contributed by atoms with Gasteiger partial charge in [0.05, 0.1) is 27.6 Å². The van der Waals surface area contributed by atoms with E-state index in [1.807, 2.05) is 12.1 Å². The Morgan fingerprint density at radius 2 is 0.939 bits per heavy atom. The van der Waals surface area contributed by atoms with Gasteiger partial charge in [-0.05, 0) is 90.0 Å². The lowest BCUT2D eigenvalue weighted by Crippen LogP contribution is -2.09. The summed E-state index contributed by atoms with van der Waals surface area (Å²) in [5.74, 6) is 0.826. The number of nitrogens with zero attached hydrogens (tertiary/aromatic N) is 5. The van der Waals surface area contributed by atoms with Crippen LogP contribution in [0.4, 0.5) is 17.1 Å². The summed E-state index contributed by atoms with van der Waals surface area (Å²) in [5, 5.41) is 3.40. The predicted molar refractivity (Wildman–Crippen MR) is 202 cm³/mol. The van der Waals surface area contributed by atoms with Gasteiger partial charge in [-0.25, -0.2) is 9.97 Å². The Morgan fingerprint density at radius 1 is 0.388 bits per heavy atom. The van der Waals surface area contributed by atoms with Crippen molar-refractivity contribution in [2.24, 2.45) is 0 Å². The van der Waals surface area contributed by atoms with Gasteiger partial charge in [-0.1, -0.05) is 97.1 Å². The fourth-order valence-electron chi connectivity index (χ4n) is 7.25. The maximum atomic E-state index is 5.31. The molecular weight excluding hydrogens is 599 g/mol. The lowest BCUT2D eigenvalue weighted by molar-refractivity contribution is 0.979. The van der Waals surface area contributed by atoms with Crippen LogP contribution < -0.4 is 4.90 Å². The van der Waals surface area contributed by atoms with Gasteiger partial charge in [0.25, 0.3) is 0 Å². The molecule has 3 heterocycles. The number of anilines is 3. The molecule has 49 heavy (non-hydrogen) atoms. The molecule has 0 N–H and O–H groups in total. The molecule has 230 valence electrons. The number of imidazole rings is 1. The van der Waals surface area contributed by atoms with Crippen LogP contribution in [0.3, 0.4) is 0 Å². The maximum Gasteiger partial charge on any atom is 0.221 e. The second-order valence-electron chi connectivity index (χ2n) is 12.3. The first-order valence-electron chi connectivity index (χ1n) is 16.5. The number of aromatic nitrogens is 4. The third-order valence-corrected chi connectivity index (χ3v) is 9.49. The van der Waals surface area contributed by atoms with E-state index < -0.39 is 0 Å². The van der Waals surface area contributed by atoms with Crippen LogP contribution >= 0.6 is 0 Å². The predicted octanol–water partition coefficient (Wildman–Crippen LogP) is 11.3. The normalized spacial score (nSPS) is 11.7. The third-order valence-electron chi connectivity index (χ3n) is 9.49. The number of para-hydroxylation sites is 6. The average Bonchev–Trinajstić information content (AvgIpc) is 3.72. The summed E-state index contributed by atoms with van der Waals surface area (Å²) in [7, 11) is 0. The van der Waals surface area contributed by atoms with E-state index in [4.69, 9.17) is 9.97 Å². The second kappa shape index (κ2) is 10.9. The molecule has 0 aliphatic rings. The van der Waals surface area contributed by atoms with Gasteiger partial charge >= 0.3 is 0 Å². The Balaban J connectivity index is 1.15. The molecule has 0 aliphatic heterocycles. The topological polar surface area (TPSA) is 38.4 Å². The number of hydrogen-bond acceptors (Lipinski definition) is 3. The highest BCUT2D eigenvalue weighted by Gasteiger charge is 2.20. The van der Waals surface area contributed by atoms with E-state index in [1.54, 1.807) is 0 Å². The quantitative estimate of drug-likeness (QED) is 0.191. The van der Waals surface area contributed by atoms with Crippen LogP contribution in [0.2, 0.25) is 0 Å². The molecule has 10 aromatic rings. The summed E-state index contributed by atoms with van der Waals surface area (Å²) in [6.07, 6.45) is 0. The molecule has 0 bridgehead atoms. The monoisotopic (exact) mass is 627 g/mol. The second-order valence-corrected chi connectivity index (χ2v) is 12.3. The Kier molecular flexibility index (Phi) is 6.11. The lowest BCUT2D eigenvalue weighted by atomic mass is 10.0. The van der Waals surface area contributed by atoms with Crippen LogP contribution in [-0.4, -0.2) is 18.9 Å². The minimum atomic E-state index is 0.826. The van der Waals surface area contributed by atoms with E-state index in [0.29, 0.717) is 0 Å². The minimum absolute atomic E-state index is 0.826. The molecule has 0 atom stereocenters. The Labute approximate surface area is 282 Å². The van der Waals surface area contributed by atoms with Crippen LogP contribution in [0.5, 0.6) is 0 Å². The summed E-state index contributed by atoms with van der Waals surface area (Å²) < 4.78 is 4.50. The van der Waals surface area contributed by atoms with Gasteiger partial charge in [-0.15, -0.1) is 0 Å². The zero-order valence-corrected chi connectivity index (χ0v) is 26.5. The minimum Gasteiger partial charge on any atom is -0.311 e. The fraction of sp³-hybridized carbons (Fsp3) is 0. The molecule has 5 nitrogen and oxygen atoms in total. The molecule has 0 radical (unpaired) electrons. The van der Waals surface area contributed by atoms with Crippen LogP contribution in [0, 0.1) is 0 Å². The summed E-state index contributed by atoms with van der Waals surface area (Å²) >= 11 is 0. The van der Waals surface area contributed by atoms with Crippen LogP contribution in [0.25, 0.3) is 66.5 Å². The first kappa shape index (κ1) is 27.4. The molecule has 0 saturated carbocycles. The van der Waals surface area contributed by atoms with Crippen molar-refractivity contribution in [3.8, 4) is 17.1 Å². The van der Waals surface area contributed by atoms with E-state index in [2.05, 4.69) is 178 Å². The Hall–Kier alpha value is -6.72. The van der Waals surface area contributed by atoms with Crippen molar-refractivity contribution in [2.75, 3.05) is 4.90 Å². The molecule has 0 amide bonds. The van der Waals surface area contributed by atoms with Gasteiger partial charge in [0.1, 0.15) is 5.65 Å². The number of rotatable bonds is 5. The van der Waals surface area contributed by atoms with Gasteiger partial charge in [-0.2, -0.15) is 0 Å². The van der Waals surface area contributed by atoms with Gasteiger partial charge in [0, 0.05) is 33.2 Å². The van der Waals surface area contributed by atoms with Gasteiger partial charge in [0.15, 0.2) is 0 Å². The molecule has 3 aromatic heterocycles.